The van der Waals surface area contributed by atoms with E-state index in [0.29, 0.717) is 0 Å². The Morgan fingerprint density at radius 2 is 1.62 bits per heavy atom. The maximum absolute atomic E-state index is 11.7. The van der Waals surface area contributed by atoms with E-state index in [-0.39, 0.29) is 0 Å². The van der Waals surface area contributed by atoms with Crippen LogP contribution in [0.2, 0.25) is 0 Å². The van der Waals surface area contributed by atoms with E-state index in [1.165, 1.54) is 0 Å². The third-order valence-corrected chi connectivity index (χ3v) is 3.81. The summed E-state index contributed by atoms with van der Waals surface area (Å²) in [5.41, 5.74) is -4.65. The molecule has 21 heavy (non-hydrogen) atoms. The predicted molar refractivity (Wildman–Crippen MR) is 68.2 cm³/mol. The largest absolute Gasteiger partial charge is 0.382 e. The molecule has 0 bridgehead atoms. The van der Waals surface area contributed by atoms with Crippen LogP contribution in [0.5, 0.6) is 0 Å². The van der Waals surface area contributed by atoms with E-state index in [1.807, 2.05) is 0 Å². The number of methoxy groups -OCH3 is 1. The van der Waals surface area contributed by atoms with Gasteiger partial charge >= 0.3 is 0 Å². The molecule has 0 amide bonds. The van der Waals surface area contributed by atoms with Gasteiger partial charge in [0.1, 0.15) is 12.2 Å². The number of hydrogen-bond donors (Lipinski definition) is 3. The summed E-state index contributed by atoms with van der Waals surface area (Å²) in [4.78, 5) is 34.7. The standard InChI is InChI=1S/C13H20O8/c1-6(14)9(17)10-12(18,7(2)15)5-13(19,8(3)16)11(20-4)21-10/h9-11,17-19H,5H2,1-4H3/t9?,10-,11+,12-,13+/m1/s1. The van der Waals surface area contributed by atoms with E-state index < -0.39 is 53.5 Å². The second kappa shape index (κ2) is 5.90. The molecule has 1 heterocycles. The molecule has 0 spiro atoms. The molecule has 0 saturated carbocycles. The average Bonchev–Trinajstić information content (AvgIpc) is 2.37. The molecule has 0 aliphatic carbocycles. The van der Waals surface area contributed by atoms with Crippen molar-refractivity contribution in [3.63, 3.8) is 0 Å². The molecule has 1 rings (SSSR count). The molecule has 1 aliphatic rings. The number of aliphatic hydroxyl groups is 3. The van der Waals surface area contributed by atoms with Crippen molar-refractivity contribution in [2.24, 2.45) is 0 Å². The predicted octanol–water partition coefficient (Wildman–Crippen LogP) is -1.66. The normalized spacial score (nSPS) is 37.9. The number of carbonyl (C=O) groups is 3. The maximum atomic E-state index is 11.7. The summed E-state index contributed by atoms with van der Waals surface area (Å²) in [6, 6.07) is 0. The van der Waals surface area contributed by atoms with Crippen LogP contribution in [0.15, 0.2) is 0 Å². The minimum absolute atomic E-state index is 0.734. The summed E-state index contributed by atoms with van der Waals surface area (Å²) in [6.07, 6.45) is -5.70. The average molecular weight is 304 g/mol. The molecular formula is C13H20O8. The summed E-state index contributed by atoms with van der Waals surface area (Å²) in [5, 5.41) is 30.7. The van der Waals surface area contributed by atoms with Crippen LogP contribution in [-0.4, -0.2) is 69.5 Å². The Morgan fingerprint density at radius 3 is 1.95 bits per heavy atom. The fourth-order valence-electron chi connectivity index (χ4n) is 2.37. The van der Waals surface area contributed by atoms with Gasteiger partial charge in [-0.05, 0) is 20.8 Å². The Kier molecular flexibility index (Phi) is 5.01. The monoisotopic (exact) mass is 304 g/mol. The highest BCUT2D eigenvalue weighted by atomic mass is 16.7. The lowest BCUT2D eigenvalue weighted by atomic mass is 9.74. The van der Waals surface area contributed by atoms with Gasteiger partial charge in [-0.1, -0.05) is 0 Å². The fourth-order valence-corrected chi connectivity index (χ4v) is 2.37. The second-order valence-corrected chi connectivity index (χ2v) is 5.32. The highest BCUT2D eigenvalue weighted by Gasteiger charge is 2.62. The van der Waals surface area contributed by atoms with Crippen LogP contribution in [-0.2, 0) is 23.9 Å². The SMILES string of the molecule is CO[C@H]1O[C@H](C(O)C(C)=O)[C@](O)(C(C)=O)C[C@]1(O)C(C)=O. The zero-order valence-electron chi connectivity index (χ0n) is 12.3. The Labute approximate surface area is 121 Å². The Morgan fingerprint density at radius 1 is 1.14 bits per heavy atom. The van der Waals surface area contributed by atoms with E-state index >= 15 is 0 Å². The summed E-state index contributed by atoms with van der Waals surface area (Å²) in [6.45, 7) is 3.12. The van der Waals surface area contributed by atoms with Crippen LogP contribution in [0.4, 0.5) is 0 Å². The molecule has 5 atom stereocenters. The fraction of sp³-hybridized carbons (Fsp3) is 0.769. The molecule has 0 aromatic heterocycles. The molecule has 0 aromatic rings. The molecule has 3 N–H and O–H groups in total. The third kappa shape index (κ3) is 2.90. The molecule has 1 unspecified atom stereocenters. The van der Waals surface area contributed by atoms with Crippen molar-refractivity contribution in [3.8, 4) is 0 Å². The Bertz CT molecular complexity index is 461. The summed E-state index contributed by atoms with van der Waals surface area (Å²) < 4.78 is 10.0. The van der Waals surface area contributed by atoms with Crippen molar-refractivity contribution in [2.45, 2.75) is 56.9 Å². The number of ether oxygens (including phenoxy) is 2. The number of ketones is 3. The van der Waals surface area contributed by atoms with Crippen molar-refractivity contribution in [1.82, 2.24) is 0 Å². The Balaban J connectivity index is 3.33. The van der Waals surface area contributed by atoms with Crippen LogP contribution in [0.25, 0.3) is 0 Å². The van der Waals surface area contributed by atoms with Crippen molar-refractivity contribution in [1.29, 1.82) is 0 Å². The molecule has 120 valence electrons. The van der Waals surface area contributed by atoms with Crippen molar-refractivity contribution < 1.29 is 39.2 Å². The first-order valence-corrected chi connectivity index (χ1v) is 6.34. The van der Waals surface area contributed by atoms with Gasteiger partial charge in [0.2, 0.25) is 0 Å². The molecule has 1 fully saturated rings. The molecule has 1 saturated heterocycles. The number of hydrogen-bond acceptors (Lipinski definition) is 8. The van der Waals surface area contributed by atoms with Crippen molar-refractivity contribution in [3.05, 3.63) is 0 Å². The lowest BCUT2D eigenvalue weighted by molar-refractivity contribution is -0.313. The van der Waals surface area contributed by atoms with Gasteiger partial charge in [0.15, 0.2) is 34.8 Å². The second-order valence-electron chi connectivity index (χ2n) is 5.32. The third-order valence-electron chi connectivity index (χ3n) is 3.81. The first-order valence-electron chi connectivity index (χ1n) is 6.34. The van der Waals surface area contributed by atoms with Gasteiger partial charge in [0.25, 0.3) is 0 Å². The Hall–Kier alpha value is -1.19. The van der Waals surface area contributed by atoms with Crippen molar-refractivity contribution >= 4 is 17.3 Å². The number of rotatable bonds is 5. The number of Topliss-reactive ketones (excluding diaryl/α,β-unsaturated/α-hetero) is 3. The highest BCUT2D eigenvalue weighted by Crippen LogP contribution is 2.39. The quantitative estimate of drug-likeness (QED) is 0.550. The van der Waals surface area contributed by atoms with Gasteiger partial charge in [-0.25, -0.2) is 0 Å². The topological polar surface area (TPSA) is 130 Å². The lowest BCUT2D eigenvalue weighted by Crippen LogP contribution is -2.70. The van der Waals surface area contributed by atoms with Gasteiger partial charge in [0.05, 0.1) is 0 Å². The summed E-state index contributed by atoms with van der Waals surface area (Å²) in [5.74, 6) is -2.35. The summed E-state index contributed by atoms with van der Waals surface area (Å²) in [7, 11) is 1.15. The molecule has 1 aliphatic heterocycles. The van der Waals surface area contributed by atoms with Crippen LogP contribution in [0.1, 0.15) is 27.2 Å². The van der Waals surface area contributed by atoms with Crippen LogP contribution in [0, 0.1) is 0 Å². The number of aliphatic hydroxyl groups excluding tert-OH is 1. The van der Waals surface area contributed by atoms with Crippen LogP contribution >= 0.6 is 0 Å². The van der Waals surface area contributed by atoms with Gasteiger partial charge in [-0.2, -0.15) is 0 Å². The van der Waals surface area contributed by atoms with Crippen LogP contribution in [0.3, 0.4) is 0 Å². The number of carbonyl (C=O) groups excluding carboxylic acids is 3. The zero-order chi connectivity index (χ0) is 16.6. The summed E-state index contributed by atoms with van der Waals surface area (Å²) >= 11 is 0. The lowest BCUT2D eigenvalue weighted by Gasteiger charge is -2.49. The molecule has 0 radical (unpaired) electrons. The molecular weight excluding hydrogens is 284 g/mol. The highest BCUT2D eigenvalue weighted by molar-refractivity contribution is 5.92. The van der Waals surface area contributed by atoms with Crippen LogP contribution < -0.4 is 0 Å². The minimum Gasteiger partial charge on any atom is -0.382 e. The van der Waals surface area contributed by atoms with E-state index in [4.69, 9.17) is 9.47 Å². The van der Waals surface area contributed by atoms with Gasteiger partial charge in [-0.3, -0.25) is 14.4 Å². The maximum Gasteiger partial charge on any atom is 0.193 e. The zero-order valence-corrected chi connectivity index (χ0v) is 12.3. The molecule has 8 heteroatoms. The van der Waals surface area contributed by atoms with Gasteiger partial charge in [0, 0.05) is 13.5 Å². The van der Waals surface area contributed by atoms with E-state index in [0.717, 1.165) is 27.9 Å². The van der Waals surface area contributed by atoms with E-state index in [9.17, 15) is 29.7 Å². The van der Waals surface area contributed by atoms with Gasteiger partial charge < -0.3 is 24.8 Å². The van der Waals surface area contributed by atoms with Gasteiger partial charge in [-0.15, -0.1) is 0 Å². The minimum atomic E-state index is -2.39. The van der Waals surface area contributed by atoms with Crippen molar-refractivity contribution in [2.75, 3.05) is 7.11 Å². The smallest absolute Gasteiger partial charge is 0.193 e. The molecule has 8 nitrogen and oxygen atoms in total. The molecule has 0 aromatic carbocycles. The van der Waals surface area contributed by atoms with E-state index in [2.05, 4.69) is 0 Å². The first-order chi connectivity index (χ1) is 9.50. The first kappa shape index (κ1) is 17.9. The van der Waals surface area contributed by atoms with E-state index in [1.54, 1.807) is 0 Å².